The average Bonchev–Trinajstić information content (AvgIpc) is 3.33. The van der Waals surface area contributed by atoms with Gasteiger partial charge in [0.05, 0.1) is 35.1 Å². The van der Waals surface area contributed by atoms with Crippen molar-refractivity contribution in [3.8, 4) is 0 Å². The fourth-order valence-electron chi connectivity index (χ4n) is 10.8. The van der Waals surface area contributed by atoms with Crippen molar-refractivity contribution in [2.24, 2.45) is 0 Å². The van der Waals surface area contributed by atoms with E-state index in [9.17, 15) is 8.78 Å². The van der Waals surface area contributed by atoms with Gasteiger partial charge in [0.1, 0.15) is 23.3 Å². The maximum absolute atomic E-state index is 13.1. The molecule has 0 N–H and O–H groups in total. The predicted molar refractivity (Wildman–Crippen MR) is 351 cm³/mol. The molecule has 468 valence electrons. The lowest BCUT2D eigenvalue weighted by Gasteiger charge is -2.26. The molecule has 82 heavy (non-hydrogen) atoms. The molecule has 0 amide bonds. The lowest BCUT2D eigenvalue weighted by atomic mass is 9.84. The molecule has 4 aromatic heterocycles. The largest absolute Gasteiger partial charge is 0.248 e. The molecule has 0 fully saturated rings. The van der Waals surface area contributed by atoms with Crippen molar-refractivity contribution in [1.82, 2.24) is 39.9 Å². The third kappa shape index (κ3) is 23.9. The standard InChI is InChI=1S/2C18H31FN2.2C18H32N2/c2*1-11(2)15-14(5)20-17(12(3)9-10-13(4)19)21-16(15)18(6,7)8;2*1-9-10-11-13(4)17-19-14(5)15(12(2)3)16(20-17)18(6,7)8/h2*11-13H,9-10H2,1-8H3;2*12-13H,9-11H2,1-8H3/t2*12-,13?;2*13-/m1010/s1. The van der Waals surface area contributed by atoms with Gasteiger partial charge in [0.2, 0.25) is 0 Å². The van der Waals surface area contributed by atoms with Gasteiger partial charge in [-0.15, -0.1) is 0 Å². The molecule has 0 radical (unpaired) electrons. The second-order valence-corrected chi connectivity index (χ2v) is 29.9. The molecule has 2 unspecified atom stereocenters. The first-order chi connectivity index (χ1) is 37.4. The number of rotatable bonds is 20. The summed E-state index contributed by atoms with van der Waals surface area (Å²) in [7, 11) is 0. The maximum atomic E-state index is 13.1. The summed E-state index contributed by atoms with van der Waals surface area (Å²) in [6, 6.07) is 0. The molecule has 4 heterocycles. The van der Waals surface area contributed by atoms with Crippen LogP contribution in [0.5, 0.6) is 0 Å². The van der Waals surface area contributed by atoms with Crippen molar-refractivity contribution in [2.75, 3.05) is 0 Å². The van der Waals surface area contributed by atoms with Gasteiger partial charge in [0.15, 0.2) is 0 Å². The minimum Gasteiger partial charge on any atom is -0.248 e. The molecular formula is C72H126F2N8. The second-order valence-electron chi connectivity index (χ2n) is 29.9. The number of aryl methyl sites for hydroxylation is 4. The number of nitrogens with zero attached hydrogens (tertiary/aromatic N) is 8. The van der Waals surface area contributed by atoms with E-state index in [4.69, 9.17) is 39.9 Å². The molecule has 0 aliphatic heterocycles. The Kier molecular flexibility index (Phi) is 30.8. The van der Waals surface area contributed by atoms with E-state index in [1.54, 1.807) is 13.8 Å². The van der Waals surface area contributed by atoms with Crippen molar-refractivity contribution < 1.29 is 8.78 Å². The van der Waals surface area contributed by atoms with Crippen LogP contribution in [0.1, 0.15) is 397 Å². The van der Waals surface area contributed by atoms with E-state index in [0.717, 1.165) is 58.9 Å². The number of aromatic nitrogens is 8. The summed E-state index contributed by atoms with van der Waals surface area (Å²) < 4.78 is 26.1. The fourth-order valence-corrected chi connectivity index (χ4v) is 10.8. The average molecular weight is 1140 g/mol. The molecule has 0 saturated carbocycles. The highest BCUT2D eigenvalue weighted by atomic mass is 19.1. The Labute approximate surface area is 504 Å². The highest BCUT2D eigenvalue weighted by Crippen LogP contribution is 2.37. The molecule has 10 heteroatoms. The van der Waals surface area contributed by atoms with Crippen LogP contribution in [0.3, 0.4) is 0 Å². The minimum atomic E-state index is -0.759. The lowest BCUT2D eigenvalue weighted by molar-refractivity contribution is 0.325. The lowest BCUT2D eigenvalue weighted by Crippen LogP contribution is -2.21. The number of unbranched alkanes of at least 4 members (excludes halogenated alkanes) is 2. The van der Waals surface area contributed by atoms with Gasteiger partial charge in [0, 0.05) is 68.1 Å². The molecule has 0 saturated heterocycles. The van der Waals surface area contributed by atoms with Crippen LogP contribution >= 0.6 is 0 Å². The van der Waals surface area contributed by atoms with Crippen molar-refractivity contribution in [3.05, 3.63) is 91.1 Å². The summed E-state index contributed by atoms with van der Waals surface area (Å²) in [6.45, 7) is 69.2. The van der Waals surface area contributed by atoms with Gasteiger partial charge < -0.3 is 0 Å². The maximum Gasteiger partial charge on any atom is 0.131 e. The van der Waals surface area contributed by atoms with E-state index in [1.165, 1.54) is 83.6 Å². The smallest absolute Gasteiger partial charge is 0.131 e. The summed E-state index contributed by atoms with van der Waals surface area (Å²) in [6.07, 6.45) is 8.54. The van der Waals surface area contributed by atoms with Crippen molar-refractivity contribution >= 4 is 0 Å². The summed E-state index contributed by atoms with van der Waals surface area (Å²) in [4.78, 5) is 38.7. The molecule has 0 bridgehead atoms. The van der Waals surface area contributed by atoms with Crippen LogP contribution in [0.15, 0.2) is 0 Å². The van der Waals surface area contributed by atoms with Gasteiger partial charge in [-0.05, 0) is 126 Å². The van der Waals surface area contributed by atoms with Crippen LogP contribution in [0.2, 0.25) is 0 Å². The van der Waals surface area contributed by atoms with Gasteiger partial charge in [-0.1, -0.05) is 206 Å². The third-order valence-electron chi connectivity index (χ3n) is 15.5. The monoisotopic (exact) mass is 1140 g/mol. The van der Waals surface area contributed by atoms with E-state index >= 15 is 0 Å². The Morgan fingerprint density at radius 3 is 0.622 bits per heavy atom. The summed E-state index contributed by atoms with van der Waals surface area (Å²) in [5.74, 6) is 6.87. The SMILES string of the molecule is CCCC[C@@H](C)c1nc(C)c(C(C)C)c(C(C)(C)C)n1.CCCC[C@H](C)c1nc(C)c(C(C)C)c(C(C)(C)C)n1.Cc1nc([C@@H](C)CCC(C)F)nc(C(C)(C)C)c1C(C)C.Cc1nc([C@H](C)CCC(C)F)nc(C(C)(C)C)c1C(C)C. The zero-order valence-electron chi connectivity index (χ0n) is 59.2. The van der Waals surface area contributed by atoms with Crippen molar-refractivity contribution in [1.29, 1.82) is 0 Å². The number of hydrogen-bond acceptors (Lipinski definition) is 8. The zero-order valence-corrected chi connectivity index (χ0v) is 59.2. The Balaban J connectivity index is 0.000000547. The molecule has 4 rings (SSSR count). The normalized spacial score (nSPS) is 14.6. The van der Waals surface area contributed by atoms with Gasteiger partial charge in [0.25, 0.3) is 0 Å². The van der Waals surface area contributed by atoms with E-state index in [-0.39, 0.29) is 33.5 Å². The number of hydrogen-bond donors (Lipinski definition) is 0. The fraction of sp³-hybridized carbons (Fsp3) is 0.778. The van der Waals surface area contributed by atoms with Crippen molar-refractivity contribution in [3.63, 3.8) is 0 Å². The summed E-state index contributed by atoms with van der Waals surface area (Å²) in [5, 5.41) is 0. The second kappa shape index (κ2) is 33.2. The molecule has 0 aromatic carbocycles. The molecule has 0 aliphatic carbocycles. The first-order valence-corrected chi connectivity index (χ1v) is 32.3. The van der Waals surface area contributed by atoms with E-state index in [1.807, 2.05) is 0 Å². The Hall–Kier alpha value is -3.82. The Morgan fingerprint density at radius 1 is 0.293 bits per heavy atom. The van der Waals surface area contributed by atoms with Crippen LogP contribution in [0.4, 0.5) is 8.78 Å². The molecule has 6 atom stereocenters. The van der Waals surface area contributed by atoms with Gasteiger partial charge in [-0.3, -0.25) is 0 Å². The zero-order chi connectivity index (χ0) is 63.7. The van der Waals surface area contributed by atoms with Crippen LogP contribution in [0.25, 0.3) is 0 Å². The molecule has 0 spiro atoms. The summed E-state index contributed by atoms with van der Waals surface area (Å²) in [5.41, 5.74) is 14.6. The van der Waals surface area contributed by atoms with Crippen LogP contribution < -0.4 is 0 Å². The van der Waals surface area contributed by atoms with Gasteiger partial charge in [-0.2, -0.15) is 0 Å². The van der Waals surface area contributed by atoms with E-state index < -0.39 is 12.3 Å². The Morgan fingerprint density at radius 2 is 0.476 bits per heavy atom. The van der Waals surface area contributed by atoms with E-state index in [2.05, 4.69) is 208 Å². The predicted octanol–water partition coefficient (Wildman–Crippen LogP) is 21.9. The Bertz CT molecular complexity index is 2360. The van der Waals surface area contributed by atoms with Crippen LogP contribution in [-0.2, 0) is 21.7 Å². The van der Waals surface area contributed by atoms with Crippen LogP contribution in [0, 0.1) is 27.7 Å². The van der Waals surface area contributed by atoms with E-state index in [0.29, 0.717) is 48.3 Å². The van der Waals surface area contributed by atoms with Crippen molar-refractivity contribution in [2.45, 2.75) is 367 Å². The quantitative estimate of drug-likeness (QED) is 0.0862. The molecule has 0 aliphatic rings. The van der Waals surface area contributed by atoms with Gasteiger partial charge >= 0.3 is 0 Å². The molecule has 4 aromatic rings. The number of halogens is 2. The molecule has 8 nitrogen and oxygen atoms in total. The highest BCUT2D eigenvalue weighted by Gasteiger charge is 2.30. The molecular weight excluding hydrogens is 1010 g/mol. The first kappa shape index (κ1) is 76.2. The highest BCUT2D eigenvalue weighted by molar-refractivity contribution is 5.36. The summed E-state index contributed by atoms with van der Waals surface area (Å²) >= 11 is 0. The van der Waals surface area contributed by atoms with Gasteiger partial charge in [-0.25, -0.2) is 48.7 Å². The first-order valence-electron chi connectivity index (χ1n) is 32.3. The van der Waals surface area contributed by atoms with Crippen LogP contribution in [-0.4, -0.2) is 52.2 Å². The third-order valence-corrected chi connectivity index (χ3v) is 15.5. The topological polar surface area (TPSA) is 103 Å². The number of alkyl halides is 2. The minimum absolute atomic E-state index is 0.00481.